The Morgan fingerprint density at radius 1 is 1.22 bits per heavy atom. The van der Waals surface area contributed by atoms with Crippen molar-refractivity contribution in [2.75, 3.05) is 31.5 Å². The van der Waals surface area contributed by atoms with Crippen LogP contribution in [0.1, 0.15) is 19.8 Å². The molecule has 5 nitrogen and oxygen atoms in total. The van der Waals surface area contributed by atoms with Gasteiger partial charge < -0.3 is 10.6 Å². The number of rotatable bonds is 5. The van der Waals surface area contributed by atoms with E-state index in [1.54, 1.807) is 18.2 Å². The molecule has 7 heteroatoms. The van der Waals surface area contributed by atoms with Gasteiger partial charge in [0.15, 0.2) is 0 Å². The molecule has 2 amide bonds. The van der Waals surface area contributed by atoms with Gasteiger partial charge in [-0.15, -0.1) is 0 Å². The van der Waals surface area contributed by atoms with Gasteiger partial charge in [0.05, 0.1) is 16.6 Å². The van der Waals surface area contributed by atoms with E-state index >= 15 is 0 Å². The first-order valence-corrected chi connectivity index (χ1v) is 8.50. The molecule has 2 rings (SSSR count). The minimum absolute atomic E-state index is 0.0596. The van der Waals surface area contributed by atoms with Crippen molar-refractivity contribution in [3.05, 3.63) is 28.2 Å². The van der Waals surface area contributed by atoms with E-state index in [2.05, 4.69) is 15.5 Å². The Labute approximate surface area is 146 Å². The first kappa shape index (κ1) is 18.0. The van der Waals surface area contributed by atoms with Gasteiger partial charge in [0.25, 0.3) is 0 Å². The fraction of sp³-hybridized carbons (Fsp3) is 0.500. The predicted octanol–water partition coefficient (Wildman–Crippen LogP) is 2.78. The number of carbonyl (C=O) groups excluding carboxylic acids is 2. The summed E-state index contributed by atoms with van der Waals surface area (Å²) in [6.07, 6.45) is 1.57. The lowest BCUT2D eigenvalue weighted by Gasteiger charge is -2.30. The molecule has 1 saturated heterocycles. The fourth-order valence-corrected chi connectivity index (χ4v) is 2.95. The van der Waals surface area contributed by atoms with E-state index in [1.807, 2.05) is 6.92 Å². The Bertz CT molecular complexity index is 572. The number of nitrogens with zero attached hydrogens (tertiary/aromatic N) is 1. The highest BCUT2D eigenvalue weighted by atomic mass is 35.5. The number of carbonyl (C=O) groups is 2. The molecule has 0 spiro atoms. The van der Waals surface area contributed by atoms with E-state index in [0.717, 1.165) is 25.9 Å². The molecule has 1 fully saturated rings. The summed E-state index contributed by atoms with van der Waals surface area (Å²) in [5, 5.41) is 6.53. The van der Waals surface area contributed by atoms with Crippen molar-refractivity contribution in [1.29, 1.82) is 0 Å². The van der Waals surface area contributed by atoms with Crippen LogP contribution in [0.5, 0.6) is 0 Å². The lowest BCUT2D eigenvalue weighted by atomic mass is 9.96. The minimum atomic E-state index is -0.0974. The summed E-state index contributed by atoms with van der Waals surface area (Å²) in [6, 6.07) is 4.99. The van der Waals surface area contributed by atoms with Crippen LogP contribution in [0.15, 0.2) is 18.2 Å². The van der Waals surface area contributed by atoms with Crippen molar-refractivity contribution < 1.29 is 9.59 Å². The van der Waals surface area contributed by atoms with Gasteiger partial charge in [-0.05, 0) is 51.1 Å². The van der Waals surface area contributed by atoms with E-state index in [1.165, 1.54) is 0 Å². The smallest absolute Gasteiger partial charge is 0.238 e. The van der Waals surface area contributed by atoms with Crippen molar-refractivity contribution in [3.63, 3.8) is 0 Å². The molecule has 1 aliphatic rings. The van der Waals surface area contributed by atoms with Crippen molar-refractivity contribution in [2.45, 2.75) is 19.8 Å². The maximum atomic E-state index is 12.1. The van der Waals surface area contributed by atoms with Gasteiger partial charge in [0.2, 0.25) is 11.8 Å². The number of halogens is 2. The fourth-order valence-electron chi connectivity index (χ4n) is 2.65. The van der Waals surface area contributed by atoms with Crippen molar-refractivity contribution >= 4 is 40.7 Å². The minimum Gasteiger partial charge on any atom is -0.356 e. The molecule has 0 atom stereocenters. The zero-order valence-corrected chi connectivity index (χ0v) is 14.6. The zero-order chi connectivity index (χ0) is 16.8. The SMILES string of the molecule is CCNC(=O)C1CCN(CC(=O)Nc2ccc(Cl)c(Cl)c2)CC1. The third-order valence-electron chi connectivity index (χ3n) is 3.88. The average Bonchev–Trinajstić information content (AvgIpc) is 2.52. The number of amides is 2. The van der Waals surface area contributed by atoms with Crippen molar-refractivity contribution in [3.8, 4) is 0 Å². The van der Waals surface area contributed by atoms with E-state index in [9.17, 15) is 9.59 Å². The van der Waals surface area contributed by atoms with Gasteiger partial charge in [0, 0.05) is 18.2 Å². The molecule has 1 aromatic rings. The first-order valence-electron chi connectivity index (χ1n) is 7.74. The highest BCUT2D eigenvalue weighted by molar-refractivity contribution is 6.42. The van der Waals surface area contributed by atoms with Gasteiger partial charge in [-0.25, -0.2) is 0 Å². The first-order chi connectivity index (χ1) is 11.0. The lowest BCUT2D eigenvalue weighted by molar-refractivity contribution is -0.126. The van der Waals surface area contributed by atoms with Crippen LogP contribution in [-0.2, 0) is 9.59 Å². The van der Waals surface area contributed by atoms with Crippen LogP contribution in [0.2, 0.25) is 10.0 Å². The largest absolute Gasteiger partial charge is 0.356 e. The molecule has 0 aliphatic carbocycles. The maximum absolute atomic E-state index is 12.1. The standard InChI is InChI=1S/C16H21Cl2N3O2/c1-2-19-16(23)11-5-7-21(8-6-11)10-15(22)20-12-3-4-13(17)14(18)9-12/h3-4,9,11H,2,5-8,10H2,1H3,(H,19,23)(H,20,22). The lowest BCUT2D eigenvalue weighted by Crippen LogP contribution is -2.43. The van der Waals surface area contributed by atoms with E-state index in [-0.39, 0.29) is 17.7 Å². The molecule has 1 aliphatic heterocycles. The van der Waals surface area contributed by atoms with Gasteiger partial charge >= 0.3 is 0 Å². The van der Waals surface area contributed by atoms with E-state index in [0.29, 0.717) is 28.8 Å². The Balaban J connectivity index is 1.78. The molecule has 1 aromatic carbocycles. The molecular formula is C16H21Cl2N3O2. The number of piperidine rings is 1. The second kappa shape index (κ2) is 8.52. The summed E-state index contributed by atoms with van der Waals surface area (Å²) in [6.45, 7) is 4.38. The van der Waals surface area contributed by atoms with Gasteiger partial charge in [-0.3, -0.25) is 14.5 Å². The van der Waals surface area contributed by atoms with Crippen LogP contribution in [0.3, 0.4) is 0 Å². The normalized spacial score (nSPS) is 16.1. The molecule has 0 radical (unpaired) electrons. The molecule has 126 valence electrons. The summed E-state index contributed by atoms with van der Waals surface area (Å²) >= 11 is 11.8. The monoisotopic (exact) mass is 357 g/mol. The Morgan fingerprint density at radius 3 is 2.52 bits per heavy atom. The highest BCUT2D eigenvalue weighted by Crippen LogP contribution is 2.25. The molecule has 0 unspecified atom stereocenters. The number of anilines is 1. The van der Waals surface area contributed by atoms with E-state index < -0.39 is 0 Å². The molecular weight excluding hydrogens is 337 g/mol. The molecule has 0 aromatic heterocycles. The summed E-state index contributed by atoms with van der Waals surface area (Å²) in [7, 11) is 0. The summed E-state index contributed by atoms with van der Waals surface area (Å²) < 4.78 is 0. The zero-order valence-electron chi connectivity index (χ0n) is 13.1. The van der Waals surface area contributed by atoms with Gasteiger partial charge in [-0.1, -0.05) is 23.2 Å². The van der Waals surface area contributed by atoms with Crippen LogP contribution < -0.4 is 10.6 Å². The molecule has 2 N–H and O–H groups in total. The number of nitrogens with one attached hydrogen (secondary N) is 2. The van der Waals surface area contributed by atoms with Crippen LogP contribution in [0.4, 0.5) is 5.69 Å². The number of likely N-dealkylation sites (tertiary alicyclic amines) is 1. The second-order valence-corrected chi connectivity index (χ2v) is 6.44. The number of hydrogen-bond acceptors (Lipinski definition) is 3. The third-order valence-corrected chi connectivity index (χ3v) is 4.62. The van der Waals surface area contributed by atoms with Gasteiger partial charge in [-0.2, -0.15) is 0 Å². The predicted molar refractivity (Wildman–Crippen MR) is 92.9 cm³/mol. The van der Waals surface area contributed by atoms with Crippen molar-refractivity contribution in [1.82, 2.24) is 10.2 Å². The Morgan fingerprint density at radius 2 is 1.91 bits per heavy atom. The summed E-state index contributed by atoms with van der Waals surface area (Å²) in [4.78, 5) is 25.9. The summed E-state index contributed by atoms with van der Waals surface area (Å²) in [5.74, 6) is 0.0802. The van der Waals surface area contributed by atoms with E-state index in [4.69, 9.17) is 23.2 Å². The summed E-state index contributed by atoms with van der Waals surface area (Å²) in [5.41, 5.74) is 0.626. The number of hydrogen-bond donors (Lipinski definition) is 2. The third kappa shape index (κ3) is 5.37. The molecule has 0 bridgehead atoms. The Hall–Kier alpha value is -1.30. The second-order valence-electron chi connectivity index (χ2n) is 5.62. The number of benzene rings is 1. The van der Waals surface area contributed by atoms with Crippen molar-refractivity contribution in [2.24, 2.45) is 5.92 Å². The van der Waals surface area contributed by atoms with Crippen LogP contribution in [-0.4, -0.2) is 42.9 Å². The highest BCUT2D eigenvalue weighted by Gasteiger charge is 2.25. The topological polar surface area (TPSA) is 61.4 Å². The van der Waals surface area contributed by atoms with Crippen LogP contribution >= 0.6 is 23.2 Å². The molecule has 0 saturated carbocycles. The maximum Gasteiger partial charge on any atom is 0.238 e. The van der Waals surface area contributed by atoms with Crippen LogP contribution in [0.25, 0.3) is 0 Å². The quantitative estimate of drug-likeness (QED) is 0.851. The molecule has 23 heavy (non-hydrogen) atoms. The van der Waals surface area contributed by atoms with Crippen LogP contribution in [0, 0.1) is 5.92 Å². The average molecular weight is 358 g/mol. The Kier molecular flexibility index (Phi) is 6.69. The van der Waals surface area contributed by atoms with Gasteiger partial charge in [0.1, 0.15) is 0 Å². The molecule has 1 heterocycles.